The summed E-state index contributed by atoms with van der Waals surface area (Å²) in [5.74, 6) is 0.971. The van der Waals surface area contributed by atoms with E-state index >= 15 is 0 Å². The Morgan fingerprint density at radius 3 is 2.64 bits per heavy atom. The fraction of sp³-hybridized carbons (Fsp3) is 0.353. The quantitative estimate of drug-likeness (QED) is 0.715. The maximum absolute atomic E-state index is 12.3. The number of nitrogens with zero attached hydrogens (tertiary/aromatic N) is 1. The molecule has 0 atom stereocenters. The molecule has 0 N–H and O–H groups in total. The van der Waals surface area contributed by atoms with Crippen molar-refractivity contribution in [3.63, 3.8) is 0 Å². The molecular formula is C17H21NO2S2. The van der Waals surface area contributed by atoms with Gasteiger partial charge in [-0.25, -0.2) is 0 Å². The fourth-order valence-corrected chi connectivity index (χ4v) is 3.84. The van der Waals surface area contributed by atoms with Crippen LogP contribution < -0.4 is 0 Å². The summed E-state index contributed by atoms with van der Waals surface area (Å²) in [7, 11) is 3.52. The van der Waals surface area contributed by atoms with Gasteiger partial charge in [0.15, 0.2) is 0 Å². The van der Waals surface area contributed by atoms with Crippen LogP contribution in [0, 0.1) is 6.92 Å². The van der Waals surface area contributed by atoms with Crippen LogP contribution in [-0.2, 0) is 11.3 Å². The number of carbonyl (C=O) groups is 1. The highest BCUT2D eigenvalue weighted by atomic mass is 32.2. The van der Waals surface area contributed by atoms with Gasteiger partial charge in [-0.05, 0) is 31.2 Å². The van der Waals surface area contributed by atoms with Crippen molar-refractivity contribution in [3.8, 4) is 0 Å². The second-order valence-corrected chi connectivity index (χ2v) is 7.42. The largest absolute Gasteiger partial charge is 0.379 e. The van der Waals surface area contributed by atoms with Crippen LogP contribution in [0.15, 0.2) is 41.3 Å². The molecule has 1 aromatic heterocycles. The van der Waals surface area contributed by atoms with E-state index in [1.807, 2.05) is 19.2 Å². The molecule has 1 heterocycles. The van der Waals surface area contributed by atoms with Gasteiger partial charge in [0.2, 0.25) is 0 Å². The summed E-state index contributed by atoms with van der Waals surface area (Å²) in [6.07, 6.45) is 0. The lowest BCUT2D eigenvalue weighted by molar-refractivity contribution is 0.0808. The minimum absolute atomic E-state index is 0.0804. The van der Waals surface area contributed by atoms with Crippen LogP contribution >= 0.6 is 23.1 Å². The van der Waals surface area contributed by atoms with Crippen LogP contribution in [0.1, 0.15) is 20.1 Å². The molecule has 0 aliphatic carbocycles. The number of rotatable bonds is 7. The van der Waals surface area contributed by atoms with E-state index in [-0.39, 0.29) is 5.91 Å². The minimum Gasteiger partial charge on any atom is -0.379 e. The van der Waals surface area contributed by atoms with Gasteiger partial charge < -0.3 is 9.64 Å². The lowest BCUT2D eigenvalue weighted by atomic mass is 10.2. The molecule has 0 radical (unpaired) electrons. The number of thiophene rings is 1. The maximum Gasteiger partial charge on any atom is 0.263 e. The van der Waals surface area contributed by atoms with Crippen LogP contribution in [0.25, 0.3) is 0 Å². The van der Waals surface area contributed by atoms with Crippen molar-refractivity contribution < 1.29 is 9.53 Å². The predicted octanol–water partition coefficient (Wildman–Crippen LogP) is 4.07. The Kier molecular flexibility index (Phi) is 6.49. The Bertz CT molecular complexity index is 607. The fourth-order valence-electron chi connectivity index (χ4n) is 1.94. The molecule has 0 spiro atoms. The standard InChI is InChI=1S/C17H21NO2S2/c1-13-4-6-14(7-5-13)21-11-10-18(2)17(19)16-9-8-15(22-16)12-20-3/h4-9H,10-12H2,1-3H3. The SMILES string of the molecule is COCc1ccc(C(=O)N(C)CCSc2ccc(C)cc2)s1. The molecule has 22 heavy (non-hydrogen) atoms. The zero-order valence-electron chi connectivity index (χ0n) is 13.2. The molecule has 118 valence electrons. The van der Waals surface area contributed by atoms with E-state index < -0.39 is 0 Å². The molecule has 2 aromatic rings. The van der Waals surface area contributed by atoms with Crippen molar-refractivity contribution in [3.05, 3.63) is 51.7 Å². The molecule has 0 bridgehead atoms. The molecule has 1 aromatic carbocycles. The smallest absolute Gasteiger partial charge is 0.263 e. The normalized spacial score (nSPS) is 10.7. The van der Waals surface area contributed by atoms with Crippen LogP contribution in [0.2, 0.25) is 0 Å². The summed E-state index contributed by atoms with van der Waals surface area (Å²) >= 11 is 3.28. The number of hydrogen-bond acceptors (Lipinski definition) is 4. The number of amides is 1. The van der Waals surface area contributed by atoms with Gasteiger partial charge in [-0.3, -0.25) is 4.79 Å². The molecule has 5 heteroatoms. The zero-order valence-corrected chi connectivity index (χ0v) is 14.8. The van der Waals surface area contributed by atoms with E-state index in [2.05, 4.69) is 31.2 Å². The highest BCUT2D eigenvalue weighted by Gasteiger charge is 2.14. The molecule has 0 unspecified atom stereocenters. The van der Waals surface area contributed by atoms with E-state index in [1.54, 1.807) is 23.8 Å². The van der Waals surface area contributed by atoms with E-state index in [0.717, 1.165) is 22.1 Å². The number of thioether (sulfide) groups is 1. The van der Waals surface area contributed by atoms with Gasteiger partial charge in [-0.15, -0.1) is 23.1 Å². The summed E-state index contributed by atoms with van der Waals surface area (Å²) < 4.78 is 5.09. The van der Waals surface area contributed by atoms with Crippen molar-refractivity contribution in [2.24, 2.45) is 0 Å². The Morgan fingerprint density at radius 2 is 1.95 bits per heavy atom. The van der Waals surface area contributed by atoms with Crippen molar-refractivity contribution in [2.75, 3.05) is 26.5 Å². The minimum atomic E-state index is 0.0804. The van der Waals surface area contributed by atoms with Crippen LogP contribution in [0.3, 0.4) is 0 Å². The number of benzene rings is 1. The third kappa shape index (κ3) is 4.87. The Labute approximate surface area is 140 Å². The Morgan fingerprint density at radius 1 is 1.23 bits per heavy atom. The Balaban J connectivity index is 1.81. The molecule has 0 saturated carbocycles. The van der Waals surface area contributed by atoms with E-state index in [9.17, 15) is 4.79 Å². The first-order valence-corrected chi connectivity index (χ1v) is 8.93. The van der Waals surface area contributed by atoms with Crippen LogP contribution in [0.4, 0.5) is 0 Å². The summed E-state index contributed by atoms with van der Waals surface area (Å²) in [6.45, 7) is 3.37. The van der Waals surface area contributed by atoms with Crippen molar-refractivity contribution in [1.29, 1.82) is 0 Å². The van der Waals surface area contributed by atoms with Crippen molar-refractivity contribution >= 4 is 29.0 Å². The number of carbonyl (C=O) groups excluding carboxylic acids is 1. The van der Waals surface area contributed by atoms with Crippen LogP contribution in [0.5, 0.6) is 0 Å². The van der Waals surface area contributed by atoms with E-state index in [4.69, 9.17) is 4.74 Å². The summed E-state index contributed by atoms with van der Waals surface area (Å²) in [5, 5.41) is 0. The lowest BCUT2D eigenvalue weighted by Gasteiger charge is -2.15. The van der Waals surface area contributed by atoms with E-state index in [0.29, 0.717) is 6.61 Å². The molecular weight excluding hydrogens is 314 g/mol. The second kappa shape index (κ2) is 8.36. The third-order valence-corrected chi connectivity index (χ3v) is 5.26. The molecule has 1 amide bonds. The van der Waals surface area contributed by atoms with Crippen molar-refractivity contribution in [2.45, 2.75) is 18.4 Å². The zero-order chi connectivity index (χ0) is 15.9. The molecule has 0 saturated heterocycles. The third-order valence-electron chi connectivity index (χ3n) is 3.22. The molecule has 0 fully saturated rings. The molecule has 0 aliphatic heterocycles. The highest BCUT2D eigenvalue weighted by Crippen LogP contribution is 2.20. The number of aryl methyl sites for hydroxylation is 1. The summed E-state index contributed by atoms with van der Waals surface area (Å²) in [5.41, 5.74) is 1.27. The maximum atomic E-state index is 12.3. The van der Waals surface area contributed by atoms with Gasteiger partial charge in [-0.2, -0.15) is 0 Å². The highest BCUT2D eigenvalue weighted by molar-refractivity contribution is 7.99. The summed E-state index contributed by atoms with van der Waals surface area (Å²) in [6, 6.07) is 12.3. The lowest BCUT2D eigenvalue weighted by Crippen LogP contribution is -2.28. The number of hydrogen-bond donors (Lipinski definition) is 0. The van der Waals surface area contributed by atoms with Crippen molar-refractivity contribution in [1.82, 2.24) is 4.90 Å². The topological polar surface area (TPSA) is 29.5 Å². The first kappa shape index (κ1) is 17.1. The van der Waals surface area contributed by atoms with Crippen LogP contribution in [-0.4, -0.2) is 37.3 Å². The molecule has 2 rings (SSSR count). The first-order chi connectivity index (χ1) is 10.6. The Hall–Kier alpha value is -1.30. The first-order valence-electron chi connectivity index (χ1n) is 7.12. The predicted molar refractivity (Wildman–Crippen MR) is 93.9 cm³/mol. The second-order valence-electron chi connectivity index (χ2n) is 5.09. The van der Waals surface area contributed by atoms with Gasteiger partial charge in [0.25, 0.3) is 5.91 Å². The van der Waals surface area contributed by atoms with Gasteiger partial charge in [-0.1, -0.05) is 17.7 Å². The number of ether oxygens (including phenoxy) is 1. The average molecular weight is 335 g/mol. The van der Waals surface area contributed by atoms with Gasteiger partial charge in [0, 0.05) is 36.2 Å². The molecule has 3 nitrogen and oxygen atoms in total. The molecule has 0 aliphatic rings. The van der Waals surface area contributed by atoms with Gasteiger partial charge in [0.05, 0.1) is 11.5 Å². The van der Waals surface area contributed by atoms with E-state index in [1.165, 1.54) is 21.8 Å². The number of methoxy groups -OCH3 is 1. The monoisotopic (exact) mass is 335 g/mol. The average Bonchev–Trinajstić information content (AvgIpc) is 2.97. The summed E-state index contributed by atoms with van der Waals surface area (Å²) in [4.78, 5) is 17.2. The van der Waals surface area contributed by atoms with Gasteiger partial charge >= 0.3 is 0 Å². The van der Waals surface area contributed by atoms with Gasteiger partial charge in [0.1, 0.15) is 0 Å².